The number of hydrogen-bond acceptors (Lipinski definition) is 17. The van der Waals surface area contributed by atoms with Crippen molar-refractivity contribution in [3.05, 3.63) is 75.4 Å². The Morgan fingerprint density at radius 3 is 1.58 bits per heavy atom. The molecule has 3 aromatic rings. The Morgan fingerprint density at radius 1 is 0.548 bits per heavy atom. The molecule has 5 rings (SSSR count). The van der Waals surface area contributed by atoms with Crippen molar-refractivity contribution in [3.8, 4) is 5.75 Å². The standard InChI is InChI=1S/C63H91IN14O15/c1-74-50(14-10-24-68-54(81)17-6-8-22-67-53(80)16-7-9-23-69-56(83)38-75-25-27-76(39-57(84)85)29-31-78(41-59(88)89)32-30-77(28-26-75)40-58(86)87)62(92)72-47(13-4-5-15-52(65)66)61(91)73-48(35-42-18-20-44-11-2-3-12-45(44)33-42)60(90)70-37-55(82)71-49(63(74)93)36-43-19-21-51(79)46(64)34-43/h2-3,11-12,18-21,33-34,47-50,79H,4-10,13-17,22-32,35-41H2,1H3,(H3,65,66)(H,67,80)(H,68,81)(H,69,83)(H,70,90)(H,71,82)(H,72,92)(H,73,91)(H,84,85)(H,86,87)(H,88,89)/t47-,48-,49+,50+/m0/s1. The van der Waals surface area contributed by atoms with Gasteiger partial charge in [-0.2, -0.15) is 0 Å². The van der Waals surface area contributed by atoms with Crippen LogP contribution in [0.15, 0.2) is 60.7 Å². The molecule has 0 radical (unpaired) electrons. The fourth-order valence-corrected chi connectivity index (χ4v) is 11.4. The van der Waals surface area contributed by atoms with Gasteiger partial charge in [-0.25, -0.2) is 0 Å². The van der Waals surface area contributed by atoms with Gasteiger partial charge in [0.1, 0.15) is 29.9 Å². The van der Waals surface area contributed by atoms with Crippen molar-refractivity contribution in [2.45, 2.75) is 114 Å². The Labute approximate surface area is 554 Å². The number of carbonyl (C=O) groups excluding carboxylic acids is 8. The minimum atomic E-state index is -1.27. The number of rotatable bonds is 31. The van der Waals surface area contributed by atoms with Crippen molar-refractivity contribution in [2.24, 2.45) is 5.73 Å². The van der Waals surface area contributed by atoms with Crippen molar-refractivity contribution in [2.75, 3.05) is 112 Å². The number of amides is 8. The average Bonchev–Trinajstić information content (AvgIpc) is 1.61. The maximum Gasteiger partial charge on any atom is 0.317 e. The van der Waals surface area contributed by atoms with Crippen LogP contribution in [0.1, 0.15) is 88.2 Å². The number of amidine groups is 1. The van der Waals surface area contributed by atoms with Crippen molar-refractivity contribution in [1.82, 2.24) is 61.7 Å². The van der Waals surface area contributed by atoms with Crippen LogP contribution in [-0.2, 0) is 65.6 Å². The van der Waals surface area contributed by atoms with E-state index in [4.69, 9.17) is 11.1 Å². The van der Waals surface area contributed by atoms with E-state index in [2.05, 4.69) is 37.2 Å². The summed E-state index contributed by atoms with van der Waals surface area (Å²) < 4.78 is 0.489. The number of likely N-dealkylation sites (N-methyl/N-ethyl adjacent to an activating group) is 1. The third-order valence-electron chi connectivity index (χ3n) is 16.0. The molecule has 14 N–H and O–H groups in total. The molecule has 0 saturated carbocycles. The first-order chi connectivity index (χ1) is 44.4. The fraction of sp³-hybridized carbons (Fsp3) is 0.556. The molecule has 2 aliphatic heterocycles. The van der Waals surface area contributed by atoms with Crippen molar-refractivity contribution < 1.29 is 73.2 Å². The second-order valence-electron chi connectivity index (χ2n) is 23.5. The number of carboxylic acid groups (broad SMARTS) is 3. The Hall–Kier alpha value is -8.07. The lowest BCUT2D eigenvalue weighted by atomic mass is 10.00. The molecule has 0 bridgehead atoms. The molecular formula is C63H91IN14O15. The molecule has 0 unspecified atom stereocenters. The quantitative estimate of drug-likeness (QED) is 0.0171. The molecule has 8 amide bonds. The number of nitrogens with one attached hydrogen (secondary N) is 8. The highest BCUT2D eigenvalue weighted by Crippen LogP contribution is 2.23. The van der Waals surface area contributed by atoms with Crippen LogP contribution < -0.4 is 43.0 Å². The van der Waals surface area contributed by atoms with Gasteiger partial charge in [0.15, 0.2) is 0 Å². The van der Waals surface area contributed by atoms with Gasteiger partial charge in [-0.3, -0.25) is 77.7 Å². The number of unbranched alkanes of at least 4 members (excludes halogenated alkanes) is 3. The summed E-state index contributed by atoms with van der Waals surface area (Å²) in [4.78, 5) is 153. The van der Waals surface area contributed by atoms with E-state index < -0.39 is 78.2 Å². The van der Waals surface area contributed by atoms with Crippen molar-refractivity contribution in [1.29, 1.82) is 5.41 Å². The molecule has 29 nitrogen and oxygen atoms in total. The van der Waals surface area contributed by atoms with E-state index in [1.807, 2.05) is 70.0 Å². The lowest BCUT2D eigenvalue weighted by molar-refractivity contribution is -0.142. The van der Waals surface area contributed by atoms with Gasteiger partial charge < -0.3 is 68.3 Å². The largest absolute Gasteiger partial charge is 0.507 e. The Kier molecular flexibility index (Phi) is 32.6. The number of hydrogen-bond donors (Lipinski definition) is 13. The third-order valence-corrected chi connectivity index (χ3v) is 16.9. The number of fused-ring (bicyclic) bond motifs is 1. The number of nitrogens with zero attached hydrogens (tertiary/aromatic N) is 5. The van der Waals surface area contributed by atoms with Crippen LogP contribution >= 0.6 is 22.6 Å². The summed E-state index contributed by atoms with van der Waals surface area (Å²) >= 11 is 1.94. The lowest BCUT2D eigenvalue weighted by Crippen LogP contribution is -2.58. The van der Waals surface area contributed by atoms with E-state index in [0.29, 0.717) is 72.9 Å². The van der Waals surface area contributed by atoms with Gasteiger partial charge in [0, 0.05) is 111 Å². The highest BCUT2D eigenvalue weighted by Gasteiger charge is 2.36. The van der Waals surface area contributed by atoms with Crippen LogP contribution in [0.2, 0.25) is 0 Å². The van der Waals surface area contributed by atoms with Crippen LogP contribution in [-0.4, -0.2) is 252 Å². The number of carboxylic acids is 3. The van der Waals surface area contributed by atoms with Crippen LogP contribution in [0, 0.1) is 8.98 Å². The van der Waals surface area contributed by atoms with Gasteiger partial charge in [0.2, 0.25) is 47.3 Å². The molecule has 3 aromatic carbocycles. The van der Waals surface area contributed by atoms with Crippen molar-refractivity contribution in [3.63, 3.8) is 0 Å². The molecule has 30 heteroatoms. The van der Waals surface area contributed by atoms with Crippen LogP contribution in [0.3, 0.4) is 0 Å². The molecule has 0 aliphatic carbocycles. The minimum absolute atomic E-state index is 0.000374. The van der Waals surface area contributed by atoms with E-state index in [1.165, 1.54) is 18.0 Å². The SMILES string of the molecule is CN1C(=O)[C@@H](Cc2ccc(O)c(I)c2)NC(=O)CNC(=O)[C@H](Cc2ccc3ccccc3c2)NC(=O)[C@H](CCCCC(=N)N)NC(=O)[C@H]1CCCNC(=O)CCCCNC(=O)CCCCNC(=O)CN1CCN(CC(=O)O)CCN(CC(=O)O)CCN(CC(=O)O)CC1. The monoisotopic (exact) mass is 1410 g/mol. The van der Waals surface area contributed by atoms with Crippen LogP contribution in [0.4, 0.5) is 0 Å². The van der Waals surface area contributed by atoms with E-state index in [0.717, 1.165) is 10.8 Å². The van der Waals surface area contributed by atoms with Crippen LogP contribution in [0.25, 0.3) is 10.8 Å². The summed E-state index contributed by atoms with van der Waals surface area (Å²) in [7, 11) is 1.41. The van der Waals surface area contributed by atoms with Gasteiger partial charge in [0.05, 0.1) is 42.1 Å². The molecule has 93 heavy (non-hydrogen) atoms. The maximum atomic E-state index is 14.7. The summed E-state index contributed by atoms with van der Waals surface area (Å²) in [6, 6.07) is 13.0. The second kappa shape index (κ2) is 40.1. The lowest BCUT2D eigenvalue weighted by Gasteiger charge is -2.32. The predicted octanol–water partition coefficient (Wildman–Crippen LogP) is -0.212. The summed E-state index contributed by atoms with van der Waals surface area (Å²) in [5.74, 6) is -7.47. The smallest absolute Gasteiger partial charge is 0.317 e. The number of halogens is 1. The van der Waals surface area contributed by atoms with Gasteiger partial charge in [-0.05, 0) is 108 Å². The second-order valence-corrected chi connectivity index (χ2v) is 24.6. The summed E-state index contributed by atoms with van der Waals surface area (Å²) in [5, 5.41) is 67.8. The Morgan fingerprint density at radius 2 is 1.03 bits per heavy atom. The first kappa shape index (κ1) is 75.6. The number of carbonyl (C=O) groups is 11. The number of nitrogens with two attached hydrogens (primary N) is 1. The summed E-state index contributed by atoms with van der Waals surface area (Å²) in [6.07, 6.45) is 3.44. The highest BCUT2D eigenvalue weighted by molar-refractivity contribution is 14.1. The van der Waals surface area contributed by atoms with Gasteiger partial charge in [0.25, 0.3) is 0 Å². The van der Waals surface area contributed by atoms with Crippen molar-refractivity contribution >= 4 is 104 Å². The minimum Gasteiger partial charge on any atom is -0.507 e. The number of benzene rings is 3. The molecule has 2 saturated heterocycles. The molecule has 510 valence electrons. The summed E-state index contributed by atoms with van der Waals surface area (Å²) in [5.41, 5.74) is 6.91. The average molecular weight is 1410 g/mol. The first-order valence-corrected chi connectivity index (χ1v) is 32.6. The van der Waals surface area contributed by atoms with Crippen LogP contribution in [0.5, 0.6) is 5.75 Å². The molecule has 0 spiro atoms. The van der Waals surface area contributed by atoms with E-state index in [-0.39, 0.29) is 159 Å². The fourth-order valence-electron chi connectivity index (χ4n) is 10.9. The Bertz CT molecular complexity index is 3040. The van der Waals surface area contributed by atoms with Gasteiger partial charge >= 0.3 is 17.9 Å². The number of phenols is 1. The number of aromatic hydroxyl groups is 1. The number of phenolic OH excluding ortho intramolecular Hbond substituents is 1. The van der Waals surface area contributed by atoms with Gasteiger partial charge in [-0.1, -0.05) is 55.0 Å². The van der Waals surface area contributed by atoms with E-state index >= 15 is 0 Å². The molecule has 0 aromatic heterocycles. The number of aliphatic carboxylic acids is 3. The zero-order valence-corrected chi connectivity index (χ0v) is 54.9. The molecule has 4 atom stereocenters. The zero-order chi connectivity index (χ0) is 67.8. The first-order valence-electron chi connectivity index (χ1n) is 31.5. The molecule has 2 heterocycles. The summed E-state index contributed by atoms with van der Waals surface area (Å²) in [6.45, 7) is 1.40. The molecular weight excluding hydrogens is 1320 g/mol. The molecule has 2 fully saturated rings. The third kappa shape index (κ3) is 28.8. The predicted molar refractivity (Wildman–Crippen MR) is 353 cm³/mol. The normalized spacial score (nSPS) is 19.1. The van der Waals surface area contributed by atoms with E-state index in [9.17, 15) is 73.2 Å². The molecule has 2 aliphatic rings. The zero-order valence-electron chi connectivity index (χ0n) is 52.8. The maximum absolute atomic E-state index is 14.7. The highest BCUT2D eigenvalue weighted by atomic mass is 127. The Balaban J connectivity index is 1.12. The van der Waals surface area contributed by atoms with Gasteiger partial charge in [-0.15, -0.1) is 0 Å². The van der Waals surface area contributed by atoms with E-state index in [1.54, 1.807) is 26.8 Å². The topological polar surface area (TPSA) is 419 Å².